The predicted molar refractivity (Wildman–Crippen MR) is 68.3 cm³/mol. The second-order valence-electron chi connectivity index (χ2n) is 3.81. The lowest BCUT2D eigenvalue weighted by molar-refractivity contribution is 0.201. The second kappa shape index (κ2) is 4.92. The molecule has 84 valence electrons. The highest BCUT2D eigenvalue weighted by atomic mass is 35.5. The Morgan fingerprint density at radius 3 is 2.27 bits per heavy atom. The maximum absolute atomic E-state index is 6.00. The topological polar surface area (TPSA) is 12.0 Å². The lowest BCUT2D eigenvalue weighted by Gasteiger charge is -2.42. The van der Waals surface area contributed by atoms with E-state index >= 15 is 0 Å². The fourth-order valence-electron chi connectivity index (χ4n) is 2.01. The van der Waals surface area contributed by atoms with E-state index in [1.54, 1.807) is 0 Å². The van der Waals surface area contributed by atoms with Crippen molar-refractivity contribution in [3.05, 3.63) is 33.8 Å². The van der Waals surface area contributed by atoms with Crippen molar-refractivity contribution in [1.29, 1.82) is 0 Å². The van der Waals surface area contributed by atoms with Crippen molar-refractivity contribution in [2.24, 2.45) is 0 Å². The van der Waals surface area contributed by atoms with Gasteiger partial charge < -0.3 is 5.32 Å². The Bertz CT molecular complexity index is 342. The third-order valence-electron chi connectivity index (χ3n) is 3.16. The van der Waals surface area contributed by atoms with Crippen molar-refractivity contribution >= 4 is 35.6 Å². The summed E-state index contributed by atoms with van der Waals surface area (Å²) < 4.78 is 0. The van der Waals surface area contributed by atoms with E-state index < -0.39 is 0 Å². The molecular formula is C11H14Cl3N. The maximum Gasteiger partial charge on any atom is 0.0595 e. The van der Waals surface area contributed by atoms with Crippen molar-refractivity contribution < 1.29 is 0 Å². The molecular weight excluding hydrogens is 252 g/mol. The van der Waals surface area contributed by atoms with Gasteiger partial charge in [-0.25, -0.2) is 0 Å². The van der Waals surface area contributed by atoms with Gasteiger partial charge in [0.05, 0.1) is 10.0 Å². The van der Waals surface area contributed by atoms with Crippen molar-refractivity contribution in [2.75, 3.05) is 7.05 Å². The van der Waals surface area contributed by atoms with E-state index in [0.29, 0.717) is 10.0 Å². The summed E-state index contributed by atoms with van der Waals surface area (Å²) in [5.41, 5.74) is 1.40. The molecule has 1 aromatic carbocycles. The largest absolute Gasteiger partial charge is 0.310 e. The van der Waals surface area contributed by atoms with Crippen LogP contribution in [-0.2, 0) is 5.54 Å². The summed E-state index contributed by atoms with van der Waals surface area (Å²) in [5.74, 6) is 0. The molecule has 0 radical (unpaired) electrons. The van der Waals surface area contributed by atoms with Crippen LogP contribution in [0.15, 0.2) is 18.2 Å². The van der Waals surface area contributed by atoms with E-state index in [1.165, 1.54) is 24.8 Å². The molecule has 1 aliphatic rings. The zero-order valence-corrected chi connectivity index (χ0v) is 10.8. The molecule has 1 fully saturated rings. The summed E-state index contributed by atoms with van der Waals surface area (Å²) in [5, 5.41) is 4.65. The molecule has 0 saturated heterocycles. The summed E-state index contributed by atoms with van der Waals surface area (Å²) in [6.07, 6.45) is 3.64. The molecule has 0 unspecified atom stereocenters. The smallest absolute Gasteiger partial charge is 0.0595 e. The minimum atomic E-state index is 0. The Morgan fingerprint density at radius 1 is 1.20 bits per heavy atom. The number of hydrogen-bond donors (Lipinski definition) is 1. The van der Waals surface area contributed by atoms with Gasteiger partial charge in [-0.15, -0.1) is 12.4 Å². The molecule has 0 bridgehead atoms. The summed E-state index contributed by atoms with van der Waals surface area (Å²) in [7, 11) is 2.00. The molecule has 15 heavy (non-hydrogen) atoms. The normalized spacial score (nSPS) is 17.8. The Balaban J connectivity index is 0.00000112. The summed E-state index contributed by atoms with van der Waals surface area (Å²) in [6, 6.07) is 5.90. The first-order valence-corrected chi connectivity index (χ1v) is 5.58. The van der Waals surface area contributed by atoms with E-state index in [2.05, 4.69) is 11.4 Å². The highest BCUT2D eigenvalue weighted by Crippen LogP contribution is 2.42. The van der Waals surface area contributed by atoms with Gasteiger partial charge in [-0.05, 0) is 44.0 Å². The molecule has 2 rings (SSSR count). The van der Waals surface area contributed by atoms with Crippen molar-refractivity contribution in [3.8, 4) is 0 Å². The molecule has 1 aliphatic carbocycles. The van der Waals surface area contributed by atoms with Crippen molar-refractivity contribution in [2.45, 2.75) is 24.8 Å². The standard InChI is InChI=1S/C11H13Cl2N.ClH/c1-14-11(5-2-6-11)8-3-4-9(12)10(13)7-8;/h3-4,7,14H,2,5-6H2,1H3;1H. The van der Waals surface area contributed by atoms with Gasteiger partial charge in [-0.1, -0.05) is 29.3 Å². The fourth-order valence-corrected chi connectivity index (χ4v) is 2.31. The number of hydrogen-bond acceptors (Lipinski definition) is 1. The third-order valence-corrected chi connectivity index (χ3v) is 3.90. The molecule has 4 heteroatoms. The van der Waals surface area contributed by atoms with Gasteiger partial charge in [0.15, 0.2) is 0 Å². The van der Waals surface area contributed by atoms with Crippen LogP contribution in [0.25, 0.3) is 0 Å². The van der Waals surface area contributed by atoms with Crippen molar-refractivity contribution in [1.82, 2.24) is 5.32 Å². The molecule has 0 atom stereocenters. The van der Waals surface area contributed by atoms with Crippen LogP contribution in [0.1, 0.15) is 24.8 Å². The molecule has 1 N–H and O–H groups in total. The van der Waals surface area contributed by atoms with Gasteiger partial charge in [0.2, 0.25) is 0 Å². The minimum absolute atomic E-state index is 0. The van der Waals surface area contributed by atoms with Crippen LogP contribution < -0.4 is 5.32 Å². The summed E-state index contributed by atoms with van der Waals surface area (Å²) >= 11 is 11.9. The van der Waals surface area contributed by atoms with Crippen LogP contribution in [0.3, 0.4) is 0 Å². The van der Waals surface area contributed by atoms with Crippen LogP contribution in [0, 0.1) is 0 Å². The minimum Gasteiger partial charge on any atom is -0.310 e. The first kappa shape index (κ1) is 13.1. The van der Waals surface area contributed by atoms with E-state index in [9.17, 15) is 0 Å². The Kier molecular flexibility index (Phi) is 4.30. The number of rotatable bonds is 2. The molecule has 0 aliphatic heterocycles. The predicted octanol–water partition coefficient (Wildman–Crippen LogP) is 4.01. The molecule has 0 amide bonds. The highest BCUT2D eigenvalue weighted by Gasteiger charge is 2.37. The molecule has 0 spiro atoms. The van der Waals surface area contributed by atoms with Crippen molar-refractivity contribution in [3.63, 3.8) is 0 Å². The lowest BCUT2D eigenvalue weighted by Crippen LogP contribution is -2.45. The molecule has 1 nitrogen and oxygen atoms in total. The average Bonchev–Trinajstić information content (AvgIpc) is 2.10. The van der Waals surface area contributed by atoms with Gasteiger partial charge in [0, 0.05) is 5.54 Å². The van der Waals surface area contributed by atoms with E-state index in [-0.39, 0.29) is 17.9 Å². The fraction of sp³-hybridized carbons (Fsp3) is 0.455. The third kappa shape index (κ3) is 2.26. The van der Waals surface area contributed by atoms with Crippen LogP contribution in [0.5, 0.6) is 0 Å². The Morgan fingerprint density at radius 2 is 1.87 bits per heavy atom. The monoisotopic (exact) mass is 265 g/mol. The Labute approximate surface area is 107 Å². The molecule has 0 heterocycles. The maximum atomic E-state index is 6.00. The quantitative estimate of drug-likeness (QED) is 0.853. The number of benzene rings is 1. The SMILES string of the molecule is CNC1(c2ccc(Cl)c(Cl)c2)CCC1.Cl. The van der Waals surface area contributed by atoms with Gasteiger partial charge in [-0.3, -0.25) is 0 Å². The van der Waals surface area contributed by atoms with Crippen LogP contribution in [0.2, 0.25) is 10.0 Å². The Hall–Kier alpha value is 0.0500. The zero-order valence-electron chi connectivity index (χ0n) is 8.52. The first-order chi connectivity index (χ1) is 6.68. The number of halogens is 3. The van der Waals surface area contributed by atoms with Crippen LogP contribution in [-0.4, -0.2) is 7.05 Å². The average molecular weight is 267 g/mol. The highest BCUT2D eigenvalue weighted by molar-refractivity contribution is 6.42. The lowest BCUT2D eigenvalue weighted by atomic mass is 9.72. The van der Waals surface area contributed by atoms with E-state index in [4.69, 9.17) is 23.2 Å². The van der Waals surface area contributed by atoms with Crippen LogP contribution >= 0.6 is 35.6 Å². The first-order valence-electron chi connectivity index (χ1n) is 4.82. The molecule has 1 aromatic rings. The van der Waals surface area contributed by atoms with E-state index in [0.717, 1.165) is 0 Å². The van der Waals surface area contributed by atoms with Gasteiger partial charge in [-0.2, -0.15) is 0 Å². The second-order valence-corrected chi connectivity index (χ2v) is 4.63. The molecule has 1 saturated carbocycles. The number of nitrogens with one attached hydrogen (secondary N) is 1. The van der Waals surface area contributed by atoms with Gasteiger partial charge in [0.25, 0.3) is 0 Å². The van der Waals surface area contributed by atoms with Crippen LogP contribution in [0.4, 0.5) is 0 Å². The summed E-state index contributed by atoms with van der Waals surface area (Å²) in [6.45, 7) is 0. The van der Waals surface area contributed by atoms with Gasteiger partial charge >= 0.3 is 0 Å². The van der Waals surface area contributed by atoms with Gasteiger partial charge in [0.1, 0.15) is 0 Å². The molecule has 0 aromatic heterocycles. The zero-order chi connectivity index (χ0) is 10.2. The summed E-state index contributed by atoms with van der Waals surface area (Å²) in [4.78, 5) is 0. The van der Waals surface area contributed by atoms with E-state index in [1.807, 2.05) is 19.2 Å².